The molecule has 0 spiro atoms. The second kappa shape index (κ2) is 22.5. The second-order valence-electron chi connectivity index (χ2n) is 13.6. The van der Waals surface area contributed by atoms with Crippen LogP contribution in [0.4, 0.5) is 0 Å². The molecule has 0 aromatic rings. The van der Waals surface area contributed by atoms with Crippen LogP contribution >= 0.6 is 11.8 Å². The van der Waals surface area contributed by atoms with Gasteiger partial charge in [0, 0.05) is 24.2 Å². The van der Waals surface area contributed by atoms with Crippen LogP contribution in [-0.4, -0.2) is 199 Å². The van der Waals surface area contributed by atoms with Gasteiger partial charge in [0.05, 0.1) is 19.8 Å². The zero-order chi connectivity index (χ0) is 37.0. The minimum Gasteiger partial charge on any atom is -0.394 e. The Morgan fingerprint density at radius 1 is 0.520 bits per heavy atom. The van der Waals surface area contributed by atoms with Gasteiger partial charge in [0.2, 0.25) is 0 Å². The van der Waals surface area contributed by atoms with Gasteiger partial charge in [-0.05, 0) is 30.8 Å². The number of ether oxygens (including phenoxy) is 6. The predicted octanol–water partition coefficient (Wildman–Crippen LogP) is -2.38. The Hall–Kier alpha value is 0.144. The standard InChI is InChI=1S/C31H60O16SSi2/c1-49(2)11-7-13-50(3)12-6-10-48-9-5-4-8-42-29-25(40)22(37)27(18(15-33)44-29)47-31-26(41)23(38)28(19(16-34)45-31)46-30-24(39)21(36)20(35)17(14-32)43-30/h17-41H,4-16H2,1-3H3/t17?,18-,19?,20+,21+,22?,23-,24?,25?,26?,27-,28+,29+,30+,31+/m1/s1. The van der Waals surface area contributed by atoms with Crippen LogP contribution in [0.25, 0.3) is 0 Å². The smallest absolute Gasteiger partial charge is 0.187 e. The molecule has 2 radical (unpaired) electrons. The van der Waals surface area contributed by atoms with E-state index in [-0.39, 0.29) is 24.2 Å². The number of hydrogen-bond donors (Lipinski definition) is 10. The molecule has 0 bridgehead atoms. The quantitative estimate of drug-likeness (QED) is 0.0432. The molecule has 0 saturated carbocycles. The Balaban J connectivity index is 1.43. The highest BCUT2D eigenvalue weighted by atomic mass is 32.2. The Morgan fingerprint density at radius 2 is 1.00 bits per heavy atom. The van der Waals surface area contributed by atoms with Gasteiger partial charge >= 0.3 is 0 Å². The monoisotopic (exact) mass is 776 g/mol. The van der Waals surface area contributed by atoms with Gasteiger partial charge < -0.3 is 79.5 Å². The summed E-state index contributed by atoms with van der Waals surface area (Å²) in [6.45, 7) is 5.24. The van der Waals surface area contributed by atoms with Gasteiger partial charge in [-0.25, -0.2) is 0 Å². The zero-order valence-electron chi connectivity index (χ0n) is 29.2. The Labute approximate surface area is 301 Å². The van der Waals surface area contributed by atoms with Crippen molar-refractivity contribution >= 4 is 29.4 Å². The number of aliphatic hydroxyl groups is 10. The van der Waals surface area contributed by atoms with Crippen molar-refractivity contribution in [2.45, 2.75) is 156 Å². The van der Waals surface area contributed by atoms with E-state index in [1.54, 1.807) is 0 Å². The van der Waals surface area contributed by atoms with Crippen LogP contribution in [0.3, 0.4) is 0 Å². The van der Waals surface area contributed by atoms with Crippen LogP contribution in [0.2, 0.25) is 37.8 Å². The van der Waals surface area contributed by atoms with Gasteiger partial charge in [-0.3, -0.25) is 0 Å². The molecule has 3 fully saturated rings. The van der Waals surface area contributed by atoms with Gasteiger partial charge in [0.25, 0.3) is 0 Å². The van der Waals surface area contributed by atoms with Gasteiger partial charge in [-0.2, -0.15) is 11.8 Å². The fourth-order valence-corrected chi connectivity index (χ4v) is 10.4. The summed E-state index contributed by atoms with van der Waals surface area (Å²) in [5.74, 6) is 2.12. The number of unbranched alkanes of at least 4 members (excludes halogenated alkanes) is 1. The zero-order valence-corrected chi connectivity index (χ0v) is 32.0. The molecule has 6 unspecified atom stereocenters. The van der Waals surface area contributed by atoms with E-state index in [1.165, 1.54) is 31.0 Å². The van der Waals surface area contributed by atoms with Crippen molar-refractivity contribution in [1.82, 2.24) is 0 Å². The average molecular weight is 777 g/mol. The van der Waals surface area contributed by atoms with Crippen LogP contribution in [-0.2, 0) is 28.4 Å². The molecule has 3 rings (SSSR count). The van der Waals surface area contributed by atoms with E-state index in [1.807, 2.05) is 11.8 Å². The first kappa shape index (κ1) is 44.5. The minimum absolute atomic E-state index is 0.114. The second-order valence-corrected chi connectivity index (χ2v) is 20.7. The molecule has 50 heavy (non-hydrogen) atoms. The molecule has 0 amide bonds. The number of hydrogen-bond acceptors (Lipinski definition) is 17. The summed E-state index contributed by atoms with van der Waals surface area (Å²) in [6, 6.07) is 4.17. The lowest BCUT2D eigenvalue weighted by atomic mass is 9.96. The molecule has 10 N–H and O–H groups in total. The maximum Gasteiger partial charge on any atom is 0.187 e. The molecule has 294 valence electrons. The highest BCUT2D eigenvalue weighted by Gasteiger charge is 2.53. The van der Waals surface area contributed by atoms with E-state index in [0.717, 1.165) is 17.9 Å². The lowest BCUT2D eigenvalue weighted by Crippen LogP contribution is -2.66. The molecule has 0 aliphatic carbocycles. The molecule has 3 aliphatic rings. The van der Waals surface area contributed by atoms with Crippen LogP contribution in [0.1, 0.15) is 25.7 Å². The molecule has 15 atom stereocenters. The van der Waals surface area contributed by atoms with Crippen molar-refractivity contribution in [3.05, 3.63) is 0 Å². The van der Waals surface area contributed by atoms with E-state index >= 15 is 0 Å². The van der Waals surface area contributed by atoms with E-state index in [9.17, 15) is 51.1 Å². The maximum absolute atomic E-state index is 10.9. The average Bonchev–Trinajstić information content (AvgIpc) is 3.09. The molecule has 3 aliphatic heterocycles. The first-order valence-electron chi connectivity index (χ1n) is 17.5. The van der Waals surface area contributed by atoms with Crippen molar-refractivity contribution in [3.63, 3.8) is 0 Å². The Kier molecular flexibility index (Phi) is 20.0. The Morgan fingerprint density at radius 3 is 1.56 bits per heavy atom. The van der Waals surface area contributed by atoms with Gasteiger partial charge in [-0.1, -0.05) is 44.2 Å². The van der Waals surface area contributed by atoms with Crippen molar-refractivity contribution in [2.75, 3.05) is 37.9 Å². The van der Waals surface area contributed by atoms with Crippen LogP contribution < -0.4 is 0 Å². The number of thioether (sulfide) groups is 1. The first-order valence-corrected chi connectivity index (χ1v) is 23.8. The number of aliphatic hydroxyl groups excluding tert-OH is 10. The molecule has 0 aromatic carbocycles. The molecule has 0 aromatic heterocycles. The van der Waals surface area contributed by atoms with Crippen molar-refractivity contribution in [1.29, 1.82) is 0 Å². The lowest BCUT2D eigenvalue weighted by molar-refractivity contribution is -0.379. The van der Waals surface area contributed by atoms with Crippen molar-refractivity contribution in [3.8, 4) is 0 Å². The molecule has 3 heterocycles. The fourth-order valence-electron chi connectivity index (χ4n) is 6.13. The first-order chi connectivity index (χ1) is 23.8. The lowest BCUT2D eigenvalue weighted by Gasteiger charge is -2.48. The molecular weight excluding hydrogens is 717 g/mol. The number of rotatable bonds is 21. The van der Waals surface area contributed by atoms with Crippen LogP contribution in [0.5, 0.6) is 0 Å². The van der Waals surface area contributed by atoms with Gasteiger partial charge in [-0.15, -0.1) is 0 Å². The molecule has 16 nitrogen and oxygen atoms in total. The normalized spacial score (nSPS) is 39.8. The summed E-state index contributed by atoms with van der Waals surface area (Å²) in [4.78, 5) is 0. The van der Waals surface area contributed by atoms with Gasteiger partial charge in [0.1, 0.15) is 73.2 Å². The largest absolute Gasteiger partial charge is 0.394 e. The summed E-state index contributed by atoms with van der Waals surface area (Å²) in [6.07, 6.45) is -19.7. The van der Waals surface area contributed by atoms with Crippen LogP contribution in [0, 0.1) is 0 Å². The SMILES string of the molecule is C[Si](C)CCC[Si](C)CCCSCCCCO[C@H]1O[C@H](CO)[C@@H](O[C@@H]2OC(CO)[C@H](O[C@@H]3OC(CO)[C@H](O)[C@H](O)C3O)[C@H](O)C2O)C(O)C1O. The summed E-state index contributed by atoms with van der Waals surface area (Å²) in [7, 11) is -0.343. The van der Waals surface area contributed by atoms with Crippen molar-refractivity contribution in [2.24, 2.45) is 0 Å². The summed E-state index contributed by atoms with van der Waals surface area (Å²) < 4.78 is 33.5. The predicted molar refractivity (Wildman–Crippen MR) is 184 cm³/mol. The topological polar surface area (TPSA) is 258 Å². The Bertz CT molecular complexity index is 928. The molecule has 3 saturated heterocycles. The highest BCUT2D eigenvalue weighted by Crippen LogP contribution is 2.32. The third kappa shape index (κ3) is 12.6. The maximum atomic E-state index is 10.9. The summed E-state index contributed by atoms with van der Waals surface area (Å²) >= 11 is 1.92. The van der Waals surface area contributed by atoms with E-state index in [4.69, 9.17) is 28.4 Å². The summed E-state index contributed by atoms with van der Waals surface area (Å²) in [5, 5.41) is 103. The third-order valence-corrected chi connectivity index (χ3v) is 14.1. The van der Waals surface area contributed by atoms with E-state index < -0.39 is 112 Å². The van der Waals surface area contributed by atoms with Crippen LogP contribution in [0.15, 0.2) is 0 Å². The summed E-state index contributed by atoms with van der Waals surface area (Å²) in [5.41, 5.74) is 0. The minimum atomic E-state index is -1.89. The molecule has 19 heteroatoms. The molecular formula is C31H60O16SSi2. The van der Waals surface area contributed by atoms with E-state index in [2.05, 4.69) is 19.6 Å². The third-order valence-electron chi connectivity index (χ3n) is 9.21. The van der Waals surface area contributed by atoms with Crippen molar-refractivity contribution < 1.29 is 79.5 Å². The fraction of sp³-hybridized carbons (Fsp3) is 1.00. The van der Waals surface area contributed by atoms with Gasteiger partial charge in [0.15, 0.2) is 18.9 Å². The van der Waals surface area contributed by atoms with E-state index in [0.29, 0.717) is 6.42 Å². The highest BCUT2D eigenvalue weighted by molar-refractivity contribution is 7.99.